The van der Waals surface area contributed by atoms with Gasteiger partial charge >= 0.3 is 0 Å². The van der Waals surface area contributed by atoms with E-state index < -0.39 is 25.9 Å². The Kier molecular flexibility index (Phi) is 5.76. The number of non-ortho nitro benzene ring substituents is 1. The largest absolute Gasteiger partial charge is 0.298 e. The van der Waals surface area contributed by atoms with Crippen LogP contribution in [-0.2, 0) is 9.84 Å². The lowest BCUT2D eigenvalue weighted by molar-refractivity contribution is -0.384. The Morgan fingerprint density at radius 1 is 1.10 bits per heavy atom. The highest BCUT2D eigenvalue weighted by Crippen LogP contribution is 2.27. The second kappa shape index (κ2) is 8.10. The molecule has 0 bridgehead atoms. The molecular formula is C19H17N3O5S2. The Morgan fingerprint density at radius 3 is 2.28 bits per heavy atom. The second-order valence-corrected chi connectivity index (χ2v) is 9.78. The summed E-state index contributed by atoms with van der Waals surface area (Å²) in [6.45, 7) is 3.20. The molecule has 3 rings (SSSR count). The summed E-state index contributed by atoms with van der Waals surface area (Å²) in [7, 11) is -3.40. The molecule has 0 spiro atoms. The van der Waals surface area contributed by atoms with Gasteiger partial charge in [-0.25, -0.2) is 13.4 Å². The van der Waals surface area contributed by atoms with Crippen molar-refractivity contribution in [2.45, 2.75) is 24.0 Å². The summed E-state index contributed by atoms with van der Waals surface area (Å²) in [5.74, 6) is -0.414. The summed E-state index contributed by atoms with van der Waals surface area (Å²) in [6, 6.07) is 11.7. The summed E-state index contributed by atoms with van der Waals surface area (Å²) in [5.41, 5.74) is 1.56. The van der Waals surface area contributed by atoms with Crippen LogP contribution in [0.5, 0.6) is 0 Å². The minimum Gasteiger partial charge on any atom is -0.298 e. The molecule has 0 radical (unpaired) electrons. The van der Waals surface area contributed by atoms with Crippen LogP contribution in [0.1, 0.15) is 24.2 Å². The second-order valence-electron chi connectivity index (χ2n) is 6.41. The van der Waals surface area contributed by atoms with Gasteiger partial charge in [-0.15, -0.1) is 11.3 Å². The van der Waals surface area contributed by atoms with Crippen LogP contribution in [0.25, 0.3) is 11.3 Å². The number of hydrogen-bond acceptors (Lipinski definition) is 7. The monoisotopic (exact) mass is 431 g/mol. The van der Waals surface area contributed by atoms with Crippen molar-refractivity contribution in [2.75, 3.05) is 5.32 Å². The van der Waals surface area contributed by atoms with Crippen LogP contribution in [0, 0.1) is 10.1 Å². The molecule has 3 aromatic rings. The molecule has 0 saturated carbocycles. The summed E-state index contributed by atoms with van der Waals surface area (Å²) >= 11 is 1.22. The molecular weight excluding hydrogens is 414 g/mol. The van der Waals surface area contributed by atoms with Crippen LogP contribution in [0.15, 0.2) is 58.8 Å². The number of carbonyl (C=O) groups is 1. The third-order valence-corrected chi connectivity index (χ3v) is 7.09. The van der Waals surface area contributed by atoms with Crippen LogP contribution in [0.4, 0.5) is 10.8 Å². The van der Waals surface area contributed by atoms with Gasteiger partial charge in [-0.1, -0.05) is 0 Å². The zero-order chi connectivity index (χ0) is 21.2. The van der Waals surface area contributed by atoms with E-state index in [2.05, 4.69) is 10.3 Å². The van der Waals surface area contributed by atoms with Gasteiger partial charge in [0.1, 0.15) is 0 Å². The Balaban J connectivity index is 1.72. The SMILES string of the molecule is CC(C)S(=O)(=O)c1ccc(C(=O)Nc2nc(-c3ccc([N+](=O)[O-])cc3)cs2)cc1. The highest BCUT2D eigenvalue weighted by atomic mass is 32.2. The highest BCUT2D eigenvalue weighted by Gasteiger charge is 2.19. The maximum Gasteiger partial charge on any atom is 0.269 e. The number of nitro benzene ring substituents is 1. The molecule has 0 aliphatic heterocycles. The average molecular weight is 431 g/mol. The molecule has 0 fully saturated rings. The molecule has 1 aromatic heterocycles. The molecule has 8 nitrogen and oxygen atoms in total. The highest BCUT2D eigenvalue weighted by molar-refractivity contribution is 7.92. The minimum absolute atomic E-state index is 0.0135. The number of nitro groups is 1. The maximum atomic E-state index is 12.4. The van der Waals surface area contributed by atoms with E-state index in [1.165, 1.54) is 47.7 Å². The number of aromatic nitrogens is 1. The van der Waals surface area contributed by atoms with E-state index in [1.54, 1.807) is 31.4 Å². The number of nitrogens with one attached hydrogen (secondary N) is 1. The third-order valence-electron chi connectivity index (χ3n) is 4.16. The lowest BCUT2D eigenvalue weighted by Gasteiger charge is -2.08. The number of anilines is 1. The Hall–Kier alpha value is -3.11. The summed E-state index contributed by atoms with van der Waals surface area (Å²) in [6.07, 6.45) is 0. The fraction of sp³-hybridized carbons (Fsp3) is 0.158. The number of amides is 1. The van der Waals surface area contributed by atoms with Crippen LogP contribution in [0.3, 0.4) is 0 Å². The quantitative estimate of drug-likeness (QED) is 0.462. The Morgan fingerprint density at radius 2 is 1.72 bits per heavy atom. The fourth-order valence-electron chi connectivity index (χ4n) is 2.46. The van der Waals surface area contributed by atoms with Crippen LogP contribution >= 0.6 is 11.3 Å². The maximum absolute atomic E-state index is 12.4. The van der Waals surface area contributed by atoms with Crippen LogP contribution in [0.2, 0.25) is 0 Å². The molecule has 1 amide bonds. The van der Waals surface area contributed by atoms with E-state index in [0.29, 0.717) is 22.0 Å². The minimum atomic E-state index is -3.40. The molecule has 150 valence electrons. The lowest BCUT2D eigenvalue weighted by Crippen LogP contribution is -2.15. The number of rotatable bonds is 6. The van der Waals surface area contributed by atoms with E-state index in [4.69, 9.17) is 0 Å². The summed E-state index contributed by atoms with van der Waals surface area (Å²) in [4.78, 5) is 27.1. The van der Waals surface area contributed by atoms with Gasteiger partial charge in [-0.05, 0) is 50.2 Å². The summed E-state index contributed by atoms with van der Waals surface area (Å²) < 4.78 is 24.3. The van der Waals surface area contributed by atoms with E-state index in [0.717, 1.165) is 0 Å². The zero-order valence-corrected chi connectivity index (χ0v) is 17.2. The Bertz CT molecular complexity index is 1150. The van der Waals surface area contributed by atoms with Gasteiger partial charge in [0.2, 0.25) is 0 Å². The van der Waals surface area contributed by atoms with Gasteiger partial charge in [0.15, 0.2) is 15.0 Å². The number of hydrogen-bond donors (Lipinski definition) is 1. The standard InChI is InChI=1S/C19H17N3O5S2/c1-12(2)29(26,27)16-9-5-14(6-10-16)18(23)21-19-20-17(11-28-19)13-3-7-15(8-4-13)22(24)25/h3-12H,1-2H3,(H,20,21,23). The first-order valence-corrected chi connectivity index (χ1v) is 11.0. The molecule has 0 atom stereocenters. The number of thiazole rings is 1. The molecule has 0 saturated heterocycles. The molecule has 0 unspecified atom stereocenters. The van der Waals surface area contributed by atoms with Crippen molar-refractivity contribution in [2.24, 2.45) is 0 Å². The molecule has 1 heterocycles. The van der Waals surface area contributed by atoms with Crippen molar-refractivity contribution in [3.63, 3.8) is 0 Å². The van der Waals surface area contributed by atoms with Gasteiger partial charge < -0.3 is 0 Å². The van der Waals surface area contributed by atoms with Crippen molar-refractivity contribution >= 4 is 37.9 Å². The molecule has 2 aromatic carbocycles. The topological polar surface area (TPSA) is 119 Å². The van der Waals surface area contributed by atoms with E-state index in [1.807, 2.05) is 0 Å². The molecule has 29 heavy (non-hydrogen) atoms. The Labute approximate surface area is 171 Å². The van der Waals surface area contributed by atoms with E-state index in [-0.39, 0.29) is 10.6 Å². The average Bonchev–Trinajstić information content (AvgIpc) is 3.16. The van der Waals surface area contributed by atoms with Gasteiger partial charge in [0.05, 0.1) is 20.8 Å². The summed E-state index contributed by atoms with van der Waals surface area (Å²) in [5, 5.41) is 14.9. The number of carbonyl (C=O) groups excluding carboxylic acids is 1. The predicted molar refractivity (Wildman–Crippen MR) is 111 cm³/mol. The molecule has 10 heteroatoms. The molecule has 0 aliphatic carbocycles. The zero-order valence-electron chi connectivity index (χ0n) is 15.5. The van der Waals surface area contributed by atoms with Gasteiger partial charge in [0, 0.05) is 28.6 Å². The van der Waals surface area contributed by atoms with Crippen molar-refractivity contribution in [1.82, 2.24) is 4.98 Å². The van der Waals surface area contributed by atoms with E-state index in [9.17, 15) is 23.3 Å². The number of nitrogens with zero attached hydrogens (tertiary/aromatic N) is 2. The fourth-order valence-corrected chi connectivity index (χ4v) is 4.23. The van der Waals surface area contributed by atoms with Crippen LogP contribution in [-0.4, -0.2) is 29.5 Å². The van der Waals surface area contributed by atoms with Gasteiger partial charge in [0.25, 0.3) is 11.6 Å². The first-order chi connectivity index (χ1) is 13.7. The third kappa shape index (κ3) is 4.49. The normalized spacial score (nSPS) is 11.4. The molecule has 1 N–H and O–H groups in total. The van der Waals surface area contributed by atoms with Crippen LogP contribution < -0.4 is 5.32 Å². The number of benzene rings is 2. The van der Waals surface area contributed by atoms with Crippen molar-refractivity contribution in [3.8, 4) is 11.3 Å². The predicted octanol–water partition coefficient (Wildman–Crippen LogP) is 4.15. The van der Waals surface area contributed by atoms with Crippen molar-refractivity contribution in [1.29, 1.82) is 0 Å². The smallest absolute Gasteiger partial charge is 0.269 e. The van der Waals surface area contributed by atoms with Gasteiger partial charge in [-0.3, -0.25) is 20.2 Å². The lowest BCUT2D eigenvalue weighted by atomic mass is 10.1. The van der Waals surface area contributed by atoms with Crippen molar-refractivity contribution < 1.29 is 18.1 Å². The van der Waals surface area contributed by atoms with E-state index >= 15 is 0 Å². The number of sulfone groups is 1. The van der Waals surface area contributed by atoms with Gasteiger partial charge in [-0.2, -0.15) is 0 Å². The molecule has 0 aliphatic rings. The first kappa shape index (κ1) is 20.6. The van der Waals surface area contributed by atoms with Crippen molar-refractivity contribution in [3.05, 3.63) is 69.6 Å². The first-order valence-electron chi connectivity index (χ1n) is 8.54.